The van der Waals surface area contributed by atoms with Gasteiger partial charge in [0, 0.05) is 37.5 Å². The Morgan fingerprint density at radius 3 is 2.81 bits per heavy atom. The standard InChI is InChI=1S/C15H21N5O/c1-10(2)13-8-11(9-14(16)18-13)15(21)17-6-4-12-5-7-20(3)19-12/h5,7-10H,4,6H2,1-3H3,(H2,16,18)(H,17,21). The lowest BCUT2D eigenvalue weighted by Gasteiger charge is -2.09. The van der Waals surface area contributed by atoms with Gasteiger partial charge in [-0.3, -0.25) is 9.48 Å². The zero-order chi connectivity index (χ0) is 15.4. The summed E-state index contributed by atoms with van der Waals surface area (Å²) < 4.78 is 1.75. The predicted molar refractivity (Wildman–Crippen MR) is 82.0 cm³/mol. The third kappa shape index (κ3) is 4.05. The molecule has 21 heavy (non-hydrogen) atoms. The summed E-state index contributed by atoms with van der Waals surface area (Å²) in [6.07, 6.45) is 2.58. The first-order chi connectivity index (χ1) is 9.95. The van der Waals surface area contributed by atoms with Crippen LogP contribution in [0.5, 0.6) is 0 Å². The van der Waals surface area contributed by atoms with Gasteiger partial charge in [-0.2, -0.15) is 5.10 Å². The smallest absolute Gasteiger partial charge is 0.251 e. The Labute approximate surface area is 124 Å². The van der Waals surface area contributed by atoms with Crippen molar-refractivity contribution in [3.8, 4) is 0 Å². The van der Waals surface area contributed by atoms with Gasteiger partial charge in [0.05, 0.1) is 5.69 Å². The molecular formula is C15H21N5O. The van der Waals surface area contributed by atoms with E-state index in [0.29, 0.717) is 24.3 Å². The lowest BCUT2D eigenvalue weighted by Crippen LogP contribution is -2.26. The number of nitrogens with two attached hydrogens (primary N) is 1. The monoisotopic (exact) mass is 287 g/mol. The molecule has 0 spiro atoms. The number of hydrogen-bond acceptors (Lipinski definition) is 4. The van der Waals surface area contributed by atoms with Crippen LogP contribution in [0.25, 0.3) is 0 Å². The van der Waals surface area contributed by atoms with E-state index in [1.165, 1.54) is 0 Å². The number of anilines is 1. The molecule has 0 atom stereocenters. The number of nitrogens with zero attached hydrogens (tertiary/aromatic N) is 3. The second-order valence-electron chi connectivity index (χ2n) is 5.35. The largest absolute Gasteiger partial charge is 0.384 e. The number of nitrogens with one attached hydrogen (secondary N) is 1. The van der Waals surface area contributed by atoms with Gasteiger partial charge in [0.15, 0.2) is 0 Å². The van der Waals surface area contributed by atoms with Gasteiger partial charge in [-0.25, -0.2) is 4.98 Å². The average molecular weight is 287 g/mol. The van der Waals surface area contributed by atoms with Crippen LogP contribution in [0.1, 0.15) is 41.5 Å². The molecule has 0 saturated carbocycles. The third-order valence-electron chi connectivity index (χ3n) is 3.15. The summed E-state index contributed by atoms with van der Waals surface area (Å²) in [6, 6.07) is 5.33. The molecule has 0 aliphatic heterocycles. The van der Waals surface area contributed by atoms with Crippen LogP contribution in [0.15, 0.2) is 24.4 Å². The van der Waals surface area contributed by atoms with E-state index in [1.54, 1.807) is 16.8 Å². The highest BCUT2D eigenvalue weighted by molar-refractivity contribution is 5.94. The molecule has 2 heterocycles. The molecular weight excluding hydrogens is 266 g/mol. The van der Waals surface area contributed by atoms with Crippen LogP contribution in [0.4, 0.5) is 5.82 Å². The Morgan fingerprint density at radius 1 is 1.43 bits per heavy atom. The number of aryl methyl sites for hydroxylation is 1. The van der Waals surface area contributed by atoms with Crippen molar-refractivity contribution in [2.45, 2.75) is 26.2 Å². The van der Waals surface area contributed by atoms with E-state index in [9.17, 15) is 4.79 Å². The van der Waals surface area contributed by atoms with Gasteiger partial charge >= 0.3 is 0 Å². The summed E-state index contributed by atoms with van der Waals surface area (Å²) in [7, 11) is 1.87. The SMILES string of the molecule is CC(C)c1cc(C(=O)NCCc2ccn(C)n2)cc(N)n1. The molecule has 0 fully saturated rings. The zero-order valence-corrected chi connectivity index (χ0v) is 12.6. The van der Waals surface area contributed by atoms with Gasteiger partial charge in [0.2, 0.25) is 0 Å². The summed E-state index contributed by atoms with van der Waals surface area (Å²) in [5.74, 6) is 0.464. The Morgan fingerprint density at radius 2 is 2.19 bits per heavy atom. The molecule has 0 unspecified atom stereocenters. The Balaban J connectivity index is 1.96. The Bertz CT molecular complexity index is 633. The Hall–Kier alpha value is -2.37. The van der Waals surface area contributed by atoms with E-state index < -0.39 is 0 Å². The van der Waals surface area contributed by atoms with Crippen molar-refractivity contribution in [1.29, 1.82) is 0 Å². The minimum atomic E-state index is -0.137. The first-order valence-corrected chi connectivity index (χ1v) is 7.00. The summed E-state index contributed by atoms with van der Waals surface area (Å²) in [6.45, 7) is 4.57. The minimum Gasteiger partial charge on any atom is -0.384 e. The van der Waals surface area contributed by atoms with Gasteiger partial charge in [0.25, 0.3) is 5.91 Å². The van der Waals surface area contributed by atoms with Crippen molar-refractivity contribution < 1.29 is 4.79 Å². The zero-order valence-electron chi connectivity index (χ0n) is 12.6. The van der Waals surface area contributed by atoms with Crippen LogP contribution in [0.3, 0.4) is 0 Å². The number of nitrogen functional groups attached to an aromatic ring is 1. The van der Waals surface area contributed by atoms with Crippen molar-refractivity contribution in [1.82, 2.24) is 20.1 Å². The number of rotatable bonds is 5. The molecule has 2 aromatic rings. The summed E-state index contributed by atoms with van der Waals surface area (Å²) in [5, 5.41) is 7.15. The fourth-order valence-electron chi connectivity index (χ4n) is 2.00. The van der Waals surface area contributed by atoms with E-state index in [1.807, 2.05) is 33.2 Å². The van der Waals surface area contributed by atoms with Crippen molar-refractivity contribution in [2.75, 3.05) is 12.3 Å². The van der Waals surface area contributed by atoms with Crippen molar-refractivity contribution >= 4 is 11.7 Å². The highest BCUT2D eigenvalue weighted by Gasteiger charge is 2.10. The maximum Gasteiger partial charge on any atom is 0.251 e. The van der Waals surface area contributed by atoms with Crippen LogP contribution >= 0.6 is 0 Å². The summed E-state index contributed by atoms with van der Waals surface area (Å²) in [5.41, 5.74) is 8.08. The summed E-state index contributed by atoms with van der Waals surface area (Å²) in [4.78, 5) is 16.4. The lowest BCUT2D eigenvalue weighted by atomic mass is 10.1. The van der Waals surface area contributed by atoms with E-state index in [4.69, 9.17) is 5.73 Å². The molecule has 2 rings (SSSR count). The highest BCUT2D eigenvalue weighted by Crippen LogP contribution is 2.15. The van der Waals surface area contributed by atoms with Gasteiger partial charge in [-0.1, -0.05) is 13.8 Å². The second-order valence-corrected chi connectivity index (χ2v) is 5.35. The third-order valence-corrected chi connectivity index (χ3v) is 3.15. The Kier molecular flexibility index (Phi) is 4.57. The topological polar surface area (TPSA) is 85.8 Å². The van der Waals surface area contributed by atoms with Gasteiger partial charge in [-0.05, 0) is 24.1 Å². The second kappa shape index (κ2) is 6.39. The van der Waals surface area contributed by atoms with Crippen LogP contribution in [0.2, 0.25) is 0 Å². The molecule has 6 heteroatoms. The van der Waals surface area contributed by atoms with Gasteiger partial charge < -0.3 is 11.1 Å². The predicted octanol–water partition coefficient (Wildman–Crippen LogP) is 1.49. The fourth-order valence-corrected chi connectivity index (χ4v) is 2.00. The van der Waals surface area contributed by atoms with Crippen LogP contribution in [-0.2, 0) is 13.5 Å². The van der Waals surface area contributed by atoms with E-state index in [2.05, 4.69) is 15.4 Å². The number of pyridine rings is 1. The number of carbonyl (C=O) groups excluding carboxylic acids is 1. The van der Waals surface area contributed by atoms with Crippen LogP contribution in [-0.4, -0.2) is 27.2 Å². The summed E-state index contributed by atoms with van der Waals surface area (Å²) >= 11 is 0. The van der Waals surface area contributed by atoms with Crippen LogP contribution < -0.4 is 11.1 Å². The minimum absolute atomic E-state index is 0.137. The number of amides is 1. The van der Waals surface area contributed by atoms with Crippen LogP contribution in [0, 0.1) is 0 Å². The normalized spacial score (nSPS) is 10.9. The maximum absolute atomic E-state index is 12.1. The first-order valence-electron chi connectivity index (χ1n) is 7.00. The lowest BCUT2D eigenvalue weighted by molar-refractivity contribution is 0.0954. The van der Waals surface area contributed by atoms with E-state index in [-0.39, 0.29) is 11.8 Å². The van der Waals surface area contributed by atoms with Crippen molar-refractivity contribution in [2.24, 2.45) is 7.05 Å². The first kappa shape index (κ1) is 15.0. The maximum atomic E-state index is 12.1. The molecule has 0 aromatic carbocycles. The molecule has 0 saturated heterocycles. The number of aromatic nitrogens is 3. The highest BCUT2D eigenvalue weighted by atomic mass is 16.1. The molecule has 1 amide bonds. The quantitative estimate of drug-likeness (QED) is 0.872. The fraction of sp³-hybridized carbons (Fsp3) is 0.400. The van der Waals surface area contributed by atoms with Gasteiger partial charge in [0.1, 0.15) is 5.82 Å². The molecule has 0 aliphatic carbocycles. The molecule has 112 valence electrons. The van der Waals surface area contributed by atoms with Crippen molar-refractivity contribution in [3.05, 3.63) is 41.3 Å². The molecule has 3 N–H and O–H groups in total. The molecule has 0 aliphatic rings. The van der Waals surface area contributed by atoms with Gasteiger partial charge in [-0.15, -0.1) is 0 Å². The number of hydrogen-bond donors (Lipinski definition) is 2. The average Bonchev–Trinajstić information content (AvgIpc) is 2.83. The van der Waals surface area contributed by atoms with E-state index >= 15 is 0 Å². The van der Waals surface area contributed by atoms with E-state index in [0.717, 1.165) is 11.4 Å². The molecule has 2 aromatic heterocycles. The molecule has 0 radical (unpaired) electrons. The molecule has 6 nitrogen and oxygen atoms in total. The van der Waals surface area contributed by atoms with Crippen molar-refractivity contribution in [3.63, 3.8) is 0 Å². The number of carbonyl (C=O) groups is 1. The molecule has 0 bridgehead atoms.